The predicted octanol–water partition coefficient (Wildman–Crippen LogP) is 4.97. The van der Waals surface area contributed by atoms with E-state index in [0.717, 1.165) is 31.7 Å². The first kappa shape index (κ1) is 21.6. The van der Waals surface area contributed by atoms with Gasteiger partial charge in [-0.1, -0.05) is 0 Å². The Kier molecular flexibility index (Phi) is 5.97. The lowest BCUT2D eigenvalue weighted by molar-refractivity contribution is -0.0964. The Balaban J connectivity index is 1.58. The number of amides is 1. The average Bonchev–Trinajstić information content (AvgIpc) is 3.46. The monoisotopic (exact) mass is 457 g/mol. The first-order valence-electron chi connectivity index (χ1n) is 9.84. The molecule has 0 atom stereocenters. The number of ether oxygens (including phenoxy) is 1. The molecule has 1 amide bonds. The zero-order valence-electron chi connectivity index (χ0n) is 16.7. The second kappa shape index (κ2) is 8.85. The van der Waals surface area contributed by atoms with Crippen molar-refractivity contribution in [2.24, 2.45) is 0 Å². The number of benzene rings is 1. The zero-order chi connectivity index (χ0) is 22.7. The summed E-state index contributed by atoms with van der Waals surface area (Å²) in [6.45, 7) is 1.74. The molecule has 0 bridgehead atoms. The summed E-state index contributed by atoms with van der Waals surface area (Å²) in [5.41, 5.74) is -1.30. The van der Waals surface area contributed by atoms with Crippen LogP contribution in [0.4, 0.5) is 20.3 Å². The van der Waals surface area contributed by atoms with Gasteiger partial charge in [-0.05, 0) is 55.3 Å². The lowest BCUT2D eigenvalue weighted by atomic mass is 10.1. The Hall–Kier alpha value is -3.64. The largest absolute Gasteiger partial charge is 0.487 e. The topological polar surface area (TPSA) is 94.0 Å². The molecule has 0 radical (unpaired) electrons. The van der Waals surface area contributed by atoms with Crippen molar-refractivity contribution < 1.29 is 18.3 Å². The number of carbonyl (C=O) groups excluding carboxylic acids is 1. The van der Waals surface area contributed by atoms with Gasteiger partial charge in [0.2, 0.25) is 0 Å². The molecule has 0 aliphatic carbocycles. The van der Waals surface area contributed by atoms with Gasteiger partial charge in [-0.25, -0.2) is 4.98 Å². The molecule has 0 saturated carbocycles. The van der Waals surface area contributed by atoms with E-state index in [1.165, 1.54) is 30.5 Å². The van der Waals surface area contributed by atoms with E-state index in [0.29, 0.717) is 28.2 Å². The standard InChI is InChI=1S/C22H18ClF2N5O2/c23-22(24,25)32-17-6-3-15(4-7-17)29-21(31)14-11-18(19-8-5-16(12-26)28-19)20(27-13-14)30-9-1-2-10-30/h3-8,11,13,28H,1-2,9-10H2,(H,29,31). The van der Waals surface area contributed by atoms with E-state index < -0.39 is 11.5 Å². The molecule has 2 N–H and O–H groups in total. The Bertz CT molecular complexity index is 1160. The molecule has 1 fully saturated rings. The quantitative estimate of drug-likeness (QED) is 0.510. The summed E-state index contributed by atoms with van der Waals surface area (Å²) in [5, 5.41) is 11.8. The molecule has 32 heavy (non-hydrogen) atoms. The molecule has 1 aliphatic heterocycles. The first-order chi connectivity index (χ1) is 15.3. The summed E-state index contributed by atoms with van der Waals surface area (Å²) in [5.74, 6) is 0.186. The molecule has 164 valence electrons. The van der Waals surface area contributed by atoms with Crippen LogP contribution in [0.15, 0.2) is 48.7 Å². The number of alkyl halides is 3. The van der Waals surface area contributed by atoms with Crippen molar-refractivity contribution in [3.63, 3.8) is 0 Å². The molecule has 1 saturated heterocycles. The Morgan fingerprint density at radius 3 is 2.56 bits per heavy atom. The smallest absolute Gasteiger partial charge is 0.420 e. The van der Waals surface area contributed by atoms with E-state index in [-0.39, 0.29) is 5.75 Å². The third kappa shape index (κ3) is 4.98. The summed E-state index contributed by atoms with van der Waals surface area (Å²) in [6, 6.07) is 12.6. The Morgan fingerprint density at radius 1 is 1.22 bits per heavy atom. The maximum atomic E-state index is 12.8. The number of carbonyl (C=O) groups is 1. The van der Waals surface area contributed by atoms with Crippen LogP contribution in [0.1, 0.15) is 28.9 Å². The summed E-state index contributed by atoms with van der Waals surface area (Å²) in [4.78, 5) is 22.5. The molecule has 10 heteroatoms. The van der Waals surface area contributed by atoms with E-state index in [4.69, 9.17) is 16.9 Å². The number of H-pyrrole nitrogens is 1. The molecule has 0 spiro atoms. The van der Waals surface area contributed by atoms with Gasteiger partial charge in [-0.2, -0.15) is 5.26 Å². The highest BCUT2D eigenvalue weighted by Gasteiger charge is 2.27. The third-order valence-electron chi connectivity index (χ3n) is 4.98. The first-order valence-corrected chi connectivity index (χ1v) is 10.2. The highest BCUT2D eigenvalue weighted by atomic mass is 35.5. The number of nitriles is 1. The number of nitrogens with zero attached hydrogens (tertiary/aromatic N) is 3. The molecule has 4 rings (SSSR count). The van der Waals surface area contributed by atoms with E-state index in [1.807, 2.05) is 0 Å². The molecular formula is C22H18ClF2N5O2. The van der Waals surface area contributed by atoms with Crippen LogP contribution in [-0.2, 0) is 0 Å². The number of nitrogens with one attached hydrogen (secondary N) is 2. The number of aromatic nitrogens is 2. The zero-order valence-corrected chi connectivity index (χ0v) is 17.5. The highest BCUT2D eigenvalue weighted by Crippen LogP contribution is 2.32. The van der Waals surface area contributed by atoms with Crippen molar-refractivity contribution >= 4 is 29.0 Å². The number of hydrogen-bond acceptors (Lipinski definition) is 5. The Labute approximate surface area is 187 Å². The van der Waals surface area contributed by atoms with Crippen LogP contribution in [0.3, 0.4) is 0 Å². The van der Waals surface area contributed by atoms with E-state index >= 15 is 0 Å². The maximum Gasteiger partial charge on any atom is 0.487 e. The second-order valence-corrected chi connectivity index (χ2v) is 7.65. The minimum absolute atomic E-state index is 0.137. The van der Waals surface area contributed by atoms with Crippen molar-refractivity contribution in [2.75, 3.05) is 23.3 Å². The van der Waals surface area contributed by atoms with Crippen LogP contribution in [0.25, 0.3) is 11.3 Å². The minimum Gasteiger partial charge on any atom is -0.420 e. The van der Waals surface area contributed by atoms with Gasteiger partial charge in [0.25, 0.3) is 5.91 Å². The molecule has 3 aromatic rings. The van der Waals surface area contributed by atoms with Crippen molar-refractivity contribution in [3.8, 4) is 23.1 Å². The molecular weight excluding hydrogens is 440 g/mol. The number of rotatable bonds is 6. The van der Waals surface area contributed by atoms with E-state index in [9.17, 15) is 13.6 Å². The number of aromatic amines is 1. The third-order valence-corrected chi connectivity index (χ3v) is 5.05. The van der Waals surface area contributed by atoms with Crippen molar-refractivity contribution in [3.05, 3.63) is 59.9 Å². The van der Waals surface area contributed by atoms with Crippen molar-refractivity contribution in [1.82, 2.24) is 9.97 Å². The van der Waals surface area contributed by atoms with E-state index in [2.05, 4.69) is 31.0 Å². The van der Waals surface area contributed by atoms with E-state index in [1.54, 1.807) is 18.2 Å². The van der Waals surface area contributed by atoms with Gasteiger partial charge in [0.1, 0.15) is 23.3 Å². The second-order valence-electron chi connectivity index (χ2n) is 7.21. The van der Waals surface area contributed by atoms with Gasteiger partial charge in [-0.3, -0.25) is 4.79 Å². The Morgan fingerprint density at radius 2 is 1.94 bits per heavy atom. The predicted molar refractivity (Wildman–Crippen MR) is 116 cm³/mol. The van der Waals surface area contributed by atoms with Crippen LogP contribution < -0.4 is 15.0 Å². The molecule has 1 aliphatic rings. The SMILES string of the molecule is N#Cc1ccc(-c2cc(C(=O)Nc3ccc(OC(F)(F)Cl)cc3)cnc2N2CCCC2)[nH]1. The van der Waals surface area contributed by atoms with Gasteiger partial charge < -0.3 is 19.9 Å². The lowest BCUT2D eigenvalue weighted by Crippen LogP contribution is -2.21. The number of halogens is 3. The van der Waals surface area contributed by atoms with Crippen LogP contribution in [-0.4, -0.2) is 34.5 Å². The average molecular weight is 458 g/mol. The molecule has 7 nitrogen and oxygen atoms in total. The van der Waals surface area contributed by atoms with Gasteiger partial charge in [0.15, 0.2) is 0 Å². The summed E-state index contributed by atoms with van der Waals surface area (Å²) < 4.78 is 29.7. The van der Waals surface area contributed by atoms with Gasteiger partial charge in [-0.15, -0.1) is 8.78 Å². The van der Waals surface area contributed by atoms with Crippen LogP contribution in [0, 0.1) is 11.3 Å². The summed E-state index contributed by atoms with van der Waals surface area (Å²) in [6.07, 6.45) is 3.62. The van der Waals surface area contributed by atoms with Crippen LogP contribution in [0.5, 0.6) is 5.75 Å². The normalized spacial score (nSPS) is 13.6. The fraction of sp³-hybridized carbons (Fsp3) is 0.227. The highest BCUT2D eigenvalue weighted by molar-refractivity contribution is 6.20. The van der Waals surface area contributed by atoms with Crippen LogP contribution >= 0.6 is 11.6 Å². The molecule has 0 unspecified atom stereocenters. The van der Waals surface area contributed by atoms with Crippen molar-refractivity contribution in [1.29, 1.82) is 5.26 Å². The van der Waals surface area contributed by atoms with Gasteiger partial charge in [0.05, 0.1) is 11.3 Å². The minimum atomic E-state index is -3.81. The fourth-order valence-electron chi connectivity index (χ4n) is 3.52. The fourth-order valence-corrected chi connectivity index (χ4v) is 3.61. The summed E-state index contributed by atoms with van der Waals surface area (Å²) >= 11 is 4.75. The lowest BCUT2D eigenvalue weighted by Gasteiger charge is -2.20. The van der Waals surface area contributed by atoms with Crippen LogP contribution in [0.2, 0.25) is 0 Å². The molecule has 1 aromatic carbocycles. The maximum absolute atomic E-state index is 12.8. The number of hydrogen-bond donors (Lipinski definition) is 2. The number of anilines is 2. The number of pyridine rings is 1. The molecule has 3 heterocycles. The van der Waals surface area contributed by atoms with Gasteiger partial charge in [0, 0.05) is 42.1 Å². The van der Waals surface area contributed by atoms with Gasteiger partial charge >= 0.3 is 5.57 Å². The summed E-state index contributed by atoms with van der Waals surface area (Å²) in [7, 11) is 0. The van der Waals surface area contributed by atoms with Crippen molar-refractivity contribution in [2.45, 2.75) is 18.4 Å². The molecule has 2 aromatic heterocycles.